The van der Waals surface area contributed by atoms with Crippen LogP contribution in [-0.4, -0.2) is 10.6 Å². The quantitative estimate of drug-likeness (QED) is 0.885. The zero-order valence-electron chi connectivity index (χ0n) is 11.3. The zero-order valence-corrected chi connectivity index (χ0v) is 11.3. The van der Waals surface area contributed by atoms with Crippen molar-refractivity contribution in [3.8, 4) is 5.75 Å². The van der Waals surface area contributed by atoms with Crippen molar-refractivity contribution in [2.24, 2.45) is 0 Å². The molecular formula is C16H18N2O. The highest BCUT2D eigenvalue weighted by molar-refractivity contribution is 5.45. The Bertz CT molecular complexity index is 566. The summed E-state index contributed by atoms with van der Waals surface area (Å²) in [5.41, 5.74) is 1.04. The fraction of sp³-hybridized carbons (Fsp3) is 0.312. The summed E-state index contributed by atoms with van der Waals surface area (Å²) in [6, 6.07) is 14.3. The summed E-state index contributed by atoms with van der Waals surface area (Å²) >= 11 is 0. The number of para-hydroxylation sites is 1. The molecule has 0 fully saturated rings. The first-order valence-corrected chi connectivity index (χ1v) is 6.60. The molecule has 0 amide bonds. The van der Waals surface area contributed by atoms with E-state index in [1.54, 1.807) is 6.20 Å². The Morgan fingerprint density at radius 2 is 1.95 bits per heavy atom. The van der Waals surface area contributed by atoms with Gasteiger partial charge in [-0.3, -0.25) is 0 Å². The Morgan fingerprint density at radius 3 is 2.74 bits per heavy atom. The molecule has 1 unspecified atom stereocenters. The van der Waals surface area contributed by atoms with Gasteiger partial charge in [0.25, 0.3) is 0 Å². The molecule has 3 heteroatoms. The lowest BCUT2D eigenvalue weighted by atomic mass is 9.90. The van der Waals surface area contributed by atoms with Gasteiger partial charge in [-0.15, -0.1) is 0 Å². The van der Waals surface area contributed by atoms with E-state index in [0.29, 0.717) is 0 Å². The number of ether oxygens (including phenoxy) is 1. The molecule has 1 aliphatic rings. The van der Waals surface area contributed by atoms with E-state index in [-0.39, 0.29) is 11.6 Å². The van der Waals surface area contributed by atoms with E-state index < -0.39 is 0 Å². The molecule has 0 aliphatic carbocycles. The summed E-state index contributed by atoms with van der Waals surface area (Å²) < 4.78 is 6.03. The second kappa shape index (κ2) is 4.57. The second-order valence-electron chi connectivity index (χ2n) is 5.52. The third-order valence-corrected chi connectivity index (χ3v) is 3.36. The Hall–Kier alpha value is -2.03. The Labute approximate surface area is 113 Å². The lowest BCUT2D eigenvalue weighted by molar-refractivity contribution is 0.0758. The van der Waals surface area contributed by atoms with Crippen LogP contribution >= 0.6 is 0 Å². The fourth-order valence-electron chi connectivity index (χ4n) is 2.56. The maximum Gasteiger partial charge on any atom is 0.126 e. The second-order valence-corrected chi connectivity index (χ2v) is 5.52. The summed E-state index contributed by atoms with van der Waals surface area (Å²) in [5.74, 6) is 1.87. The molecule has 19 heavy (non-hydrogen) atoms. The highest BCUT2D eigenvalue weighted by atomic mass is 16.5. The van der Waals surface area contributed by atoms with Gasteiger partial charge in [0.1, 0.15) is 17.2 Å². The van der Waals surface area contributed by atoms with Crippen LogP contribution in [0.15, 0.2) is 48.7 Å². The SMILES string of the molecule is CC1(C)CC(Nc2ccccn2)c2ccccc2O1. The third-order valence-electron chi connectivity index (χ3n) is 3.36. The number of nitrogens with one attached hydrogen (secondary N) is 1. The van der Waals surface area contributed by atoms with Crippen molar-refractivity contribution in [3.63, 3.8) is 0 Å². The van der Waals surface area contributed by atoms with Crippen molar-refractivity contribution in [2.75, 3.05) is 5.32 Å². The zero-order chi connectivity index (χ0) is 13.3. The van der Waals surface area contributed by atoms with Gasteiger partial charge in [0.15, 0.2) is 0 Å². The maximum absolute atomic E-state index is 6.03. The van der Waals surface area contributed by atoms with Crippen LogP contribution in [0.25, 0.3) is 0 Å². The monoisotopic (exact) mass is 254 g/mol. The van der Waals surface area contributed by atoms with E-state index in [1.807, 2.05) is 36.4 Å². The molecule has 2 aromatic rings. The van der Waals surface area contributed by atoms with Crippen LogP contribution < -0.4 is 10.1 Å². The number of anilines is 1. The molecule has 0 saturated carbocycles. The normalized spacial score (nSPS) is 20.2. The highest BCUT2D eigenvalue weighted by Gasteiger charge is 2.33. The van der Waals surface area contributed by atoms with Crippen molar-refractivity contribution in [1.29, 1.82) is 0 Å². The number of nitrogens with zero attached hydrogens (tertiary/aromatic N) is 1. The van der Waals surface area contributed by atoms with Crippen LogP contribution in [-0.2, 0) is 0 Å². The third kappa shape index (κ3) is 2.55. The van der Waals surface area contributed by atoms with Gasteiger partial charge in [-0.05, 0) is 32.0 Å². The first-order chi connectivity index (χ1) is 9.14. The number of aromatic nitrogens is 1. The highest BCUT2D eigenvalue weighted by Crippen LogP contribution is 2.40. The minimum absolute atomic E-state index is 0.166. The number of pyridine rings is 1. The fourth-order valence-corrected chi connectivity index (χ4v) is 2.56. The molecule has 98 valence electrons. The molecule has 0 spiro atoms. The van der Waals surface area contributed by atoms with Crippen LogP contribution in [0.3, 0.4) is 0 Å². The van der Waals surface area contributed by atoms with Crippen LogP contribution in [0.5, 0.6) is 5.75 Å². The van der Waals surface area contributed by atoms with Gasteiger partial charge in [-0.1, -0.05) is 24.3 Å². The summed E-state index contributed by atoms with van der Waals surface area (Å²) in [5, 5.41) is 3.50. The van der Waals surface area contributed by atoms with Gasteiger partial charge in [0.2, 0.25) is 0 Å². The van der Waals surface area contributed by atoms with Gasteiger partial charge < -0.3 is 10.1 Å². The van der Waals surface area contributed by atoms with Gasteiger partial charge >= 0.3 is 0 Å². The number of fused-ring (bicyclic) bond motifs is 1. The molecule has 0 bridgehead atoms. The summed E-state index contributed by atoms with van der Waals surface area (Å²) in [6.07, 6.45) is 2.72. The first-order valence-electron chi connectivity index (χ1n) is 6.60. The van der Waals surface area contributed by atoms with Crippen molar-refractivity contribution in [2.45, 2.75) is 31.9 Å². The molecule has 1 atom stereocenters. The minimum atomic E-state index is -0.166. The Morgan fingerprint density at radius 1 is 1.16 bits per heavy atom. The average Bonchev–Trinajstić information content (AvgIpc) is 2.38. The number of benzene rings is 1. The molecule has 1 aromatic heterocycles. The molecular weight excluding hydrogens is 236 g/mol. The predicted octanol–water partition coefficient (Wildman–Crippen LogP) is 3.80. The minimum Gasteiger partial charge on any atom is -0.487 e. The largest absolute Gasteiger partial charge is 0.487 e. The molecule has 3 rings (SSSR count). The van der Waals surface area contributed by atoms with Crippen molar-refractivity contribution >= 4 is 5.82 Å². The van der Waals surface area contributed by atoms with Crippen molar-refractivity contribution in [1.82, 2.24) is 4.98 Å². The molecule has 1 aromatic carbocycles. The molecule has 0 saturated heterocycles. The molecule has 0 radical (unpaired) electrons. The van der Waals surface area contributed by atoms with Crippen LogP contribution in [0.1, 0.15) is 31.9 Å². The predicted molar refractivity (Wildman–Crippen MR) is 76.4 cm³/mol. The van der Waals surface area contributed by atoms with E-state index in [9.17, 15) is 0 Å². The topological polar surface area (TPSA) is 34.2 Å². The Balaban J connectivity index is 1.93. The van der Waals surface area contributed by atoms with E-state index in [1.165, 1.54) is 5.56 Å². The number of hydrogen-bond donors (Lipinski definition) is 1. The van der Waals surface area contributed by atoms with Crippen LogP contribution in [0.2, 0.25) is 0 Å². The summed E-state index contributed by atoms with van der Waals surface area (Å²) in [4.78, 5) is 4.34. The number of hydrogen-bond acceptors (Lipinski definition) is 3. The van der Waals surface area contributed by atoms with E-state index in [0.717, 1.165) is 18.0 Å². The first kappa shape index (κ1) is 12.0. The molecule has 1 N–H and O–H groups in total. The lowest BCUT2D eigenvalue weighted by Crippen LogP contribution is -2.37. The summed E-state index contributed by atoms with van der Waals surface area (Å²) in [7, 11) is 0. The average molecular weight is 254 g/mol. The van der Waals surface area contributed by atoms with Crippen molar-refractivity contribution in [3.05, 3.63) is 54.2 Å². The smallest absolute Gasteiger partial charge is 0.126 e. The van der Waals surface area contributed by atoms with E-state index >= 15 is 0 Å². The standard InChI is InChI=1S/C16H18N2O/c1-16(2)11-13(18-15-9-5-6-10-17-15)12-7-3-4-8-14(12)19-16/h3-10,13H,11H2,1-2H3,(H,17,18). The van der Waals surface area contributed by atoms with Gasteiger partial charge in [0, 0.05) is 18.2 Å². The summed E-state index contributed by atoms with van der Waals surface area (Å²) in [6.45, 7) is 4.24. The number of rotatable bonds is 2. The van der Waals surface area contributed by atoms with Crippen LogP contribution in [0.4, 0.5) is 5.82 Å². The maximum atomic E-state index is 6.03. The molecule has 1 aliphatic heterocycles. The van der Waals surface area contributed by atoms with Gasteiger partial charge in [0.05, 0.1) is 6.04 Å². The van der Waals surface area contributed by atoms with E-state index in [4.69, 9.17) is 4.74 Å². The van der Waals surface area contributed by atoms with Gasteiger partial charge in [-0.2, -0.15) is 0 Å². The van der Waals surface area contributed by atoms with Crippen molar-refractivity contribution < 1.29 is 4.74 Å². The van der Waals surface area contributed by atoms with Gasteiger partial charge in [-0.25, -0.2) is 4.98 Å². The van der Waals surface area contributed by atoms with Crippen LogP contribution in [0, 0.1) is 0 Å². The van der Waals surface area contributed by atoms with E-state index in [2.05, 4.69) is 30.2 Å². The lowest BCUT2D eigenvalue weighted by Gasteiger charge is -2.38. The molecule has 2 heterocycles. The Kier molecular flexibility index (Phi) is 2.90. The molecule has 3 nitrogen and oxygen atoms in total.